The van der Waals surface area contributed by atoms with Crippen LogP contribution in [-0.4, -0.2) is 41.1 Å². The number of rotatable bonds is 6. The van der Waals surface area contributed by atoms with Crippen molar-refractivity contribution >= 4 is 27.2 Å². The molecule has 4 aromatic rings. The fraction of sp³-hybridized carbons (Fsp3) is 0.208. The highest BCUT2D eigenvalue weighted by Crippen LogP contribution is 2.45. The van der Waals surface area contributed by atoms with Crippen LogP contribution < -0.4 is 4.74 Å². The van der Waals surface area contributed by atoms with Crippen molar-refractivity contribution in [2.24, 2.45) is 0 Å². The van der Waals surface area contributed by atoms with Crippen LogP contribution in [0.15, 0.2) is 60.8 Å². The number of nitro benzene ring substituents is 1. The third-order valence-corrected chi connectivity index (χ3v) is 6.64. The molecule has 3 heterocycles. The molecule has 1 fully saturated rings. The van der Waals surface area contributed by atoms with Crippen LogP contribution >= 0.6 is 11.3 Å². The van der Waals surface area contributed by atoms with Gasteiger partial charge in [-0.05, 0) is 29.3 Å². The predicted molar refractivity (Wildman–Crippen MR) is 124 cm³/mol. The van der Waals surface area contributed by atoms with Gasteiger partial charge in [-0.25, -0.2) is 4.39 Å². The molecule has 2 aromatic carbocycles. The zero-order valence-electron chi connectivity index (χ0n) is 17.6. The van der Waals surface area contributed by atoms with Gasteiger partial charge in [0.25, 0.3) is 5.69 Å². The first-order chi connectivity index (χ1) is 16.1. The molecule has 0 spiro atoms. The predicted octanol–water partition coefficient (Wildman–Crippen LogP) is 5.64. The van der Waals surface area contributed by atoms with E-state index in [-0.39, 0.29) is 11.4 Å². The summed E-state index contributed by atoms with van der Waals surface area (Å²) in [6.07, 6.45) is 1.66. The van der Waals surface area contributed by atoms with Gasteiger partial charge in [0.1, 0.15) is 5.52 Å². The summed E-state index contributed by atoms with van der Waals surface area (Å²) in [5.41, 5.74) is 2.42. The Balaban J connectivity index is 1.47. The van der Waals surface area contributed by atoms with E-state index in [4.69, 9.17) is 9.47 Å². The van der Waals surface area contributed by atoms with Crippen LogP contribution in [0.3, 0.4) is 0 Å². The molecule has 9 heteroatoms. The second kappa shape index (κ2) is 9.22. The van der Waals surface area contributed by atoms with Crippen LogP contribution in [-0.2, 0) is 11.3 Å². The van der Waals surface area contributed by atoms with E-state index in [1.54, 1.807) is 6.20 Å². The highest BCUT2D eigenvalue weighted by molar-refractivity contribution is 7.22. The minimum Gasteiger partial charge on any atom is -0.450 e. The van der Waals surface area contributed by atoms with Crippen molar-refractivity contribution in [2.75, 3.05) is 26.3 Å². The van der Waals surface area contributed by atoms with E-state index in [9.17, 15) is 14.5 Å². The zero-order valence-corrected chi connectivity index (χ0v) is 18.4. The van der Waals surface area contributed by atoms with Crippen molar-refractivity contribution in [1.82, 2.24) is 9.88 Å². The third-order valence-electron chi connectivity index (χ3n) is 5.47. The number of hydrogen-bond donors (Lipinski definition) is 0. The summed E-state index contributed by atoms with van der Waals surface area (Å²) in [6, 6.07) is 15.3. The first kappa shape index (κ1) is 21.4. The highest BCUT2D eigenvalue weighted by Gasteiger charge is 2.20. The number of hydrogen-bond acceptors (Lipinski definition) is 7. The van der Waals surface area contributed by atoms with E-state index in [1.807, 2.05) is 24.3 Å². The van der Waals surface area contributed by atoms with Crippen molar-refractivity contribution < 1.29 is 18.8 Å². The van der Waals surface area contributed by atoms with Gasteiger partial charge in [-0.15, -0.1) is 11.3 Å². The minimum absolute atomic E-state index is 0.0869. The van der Waals surface area contributed by atoms with Gasteiger partial charge < -0.3 is 9.47 Å². The van der Waals surface area contributed by atoms with E-state index in [1.165, 1.54) is 29.0 Å². The van der Waals surface area contributed by atoms with Crippen LogP contribution in [0, 0.1) is 15.9 Å². The lowest BCUT2D eigenvalue weighted by Crippen LogP contribution is -2.35. The summed E-state index contributed by atoms with van der Waals surface area (Å²) in [4.78, 5) is 17.9. The van der Waals surface area contributed by atoms with Crippen molar-refractivity contribution in [2.45, 2.75) is 6.54 Å². The maximum Gasteiger partial charge on any atom is 0.272 e. The van der Waals surface area contributed by atoms with E-state index in [2.05, 4.69) is 22.0 Å². The third kappa shape index (κ3) is 4.56. The topological polar surface area (TPSA) is 77.7 Å². The molecule has 0 N–H and O–H groups in total. The van der Waals surface area contributed by atoms with Crippen LogP contribution in [0.4, 0.5) is 10.1 Å². The summed E-state index contributed by atoms with van der Waals surface area (Å²) in [5.74, 6) is -0.452. The smallest absolute Gasteiger partial charge is 0.272 e. The van der Waals surface area contributed by atoms with Crippen LogP contribution in [0.2, 0.25) is 0 Å². The lowest BCUT2D eigenvalue weighted by atomic mass is 10.1. The molecule has 1 aliphatic rings. The molecule has 2 aromatic heterocycles. The highest BCUT2D eigenvalue weighted by atomic mass is 32.1. The number of morpholine rings is 1. The van der Waals surface area contributed by atoms with Crippen LogP contribution in [0.25, 0.3) is 20.7 Å². The summed E-state index contributed by atoms with van der Waals surface area (Å²) < 4.78 is 26.8. The fourth-order valence-electron chi connectivity index (χ4n) is 3.77. The van der Waals surface area contributed by atoms with E-state index < -0.39 is 10.7 Å². The lowest BCUT2D eigenvalue weighted by molar-refractivity contribution is -0.385. The summed E-state index contributed by atoms with van der Waals surface area (Å²) >= 11 is 1.51. The number of aromatic nitrogens is 1. The quantitative estimate of drug-likeness (QED) is 0.271. The Morgan fingerprint density at radius 1 is 1.15 bits per heavy atom. The van der Waals surface area contributed by atoms with E-state index >= 15 is 0 Å². The molecule has 0 aliphatic carbocycles. The second-order valence-electron chi connectivity index (χ2n) is 7.67. The Bertz CT molecular complexity index is 1300. The molecule has 5 rings (SSSR count). The van der Waals surface area contributed by atoms with Crippen molar-refractivity contribution in [1.29, 1.82) is 0 Å². The maximum absolute atomic E-state index is 14.6. The largest absolute Gasteiger partial charge is 0.450 e. The molecule has 0 radical (unpaired) electrons. The standard InChI is InChI=1S/C24H20FN3O4S/c25-19-14-18(28(29)30)7-8-20(19)32-23-22-21(2-1-9-26-22)33-24(23)17-5-3-16(4-6-17)15-27-10-12-31-13-11-27/h1-9,14H,10-13,15H2. The molecule has 0 unspecified atom stereocenters. The average molecular weight is 466 g/mol. The first-order valence-electron chi connectivity index (χ1n) is 10.5. The Morgan fingerprint density at radius 2 is 1.94 bits per heavy atom. The van der Waals surface area contributed by atoms with Gasteiger partial charge in [0.15, 0.2) is 17.3 Å². The number of non-ortho nitro benzene ring substituents is 1. The number of benzene rings is 2. The number of nitrogens with zero attached hydrogens (tertiary/aromatic N) is 3. The number of ether oxygens (including phenoxy) is 2. The number of thiophene rings is 1. The summed E-state index contributed by atoms with van der Waals surface area (Å²) in [6.45, 7) is 4.21. The Labute approximate surface area is 193 Å². The monoisotopic (exact) mass is 465 g/mol. The normalized spacial score (nSPS) is 14.5. The minimum atomic E-state index is -0.800. The molecular weight excluding hydrogens is 445 g/mol. The number of pyridine rings is 1. The second-order valence-corrected chi connectivity index (χ2v) is 8.72. The number of nitro groups is 1. The summed E-state index contributed by atoms with van der Waals surface area (Å²) in [7, 11) is 0. The van der Waals surface area contributed by atoms with Crippen molar-refractivity contribution in [3.05, 3.63) is 82.3 Å². The molecule has 1 aliphatic heterocycles. The van der Waals surface area contributed by atoms with Gasteiger partial charge in [-0.3, -0.25) is 20.0 Å². The molecule has 0 atom stereocenters. The average Bonchev–Trinajstić information content (AvgIpc) is 3.20. The molecule has 0 bridgehead atoms. The van der Waals surface area contributed by atoms with Gasteiger partial charge in [0.2, 0.25) is 0 Å². The Hall–Kier alpha value is -3.40. The van der Waals surface area contributed by atoms with Gasteiger partial charge >= 0.3 is 0 Å². The first-order valence-corrected chi connectivity index (χ1v) is 11.3. The number of fused-ring (bicyclic) bond motifs is 1. The van der Waals surface area contributed by atoms with Crippen LogP contribution in [0.1, 0.15) is 5.56 Å². The fourth-order valence-corrected chi connectivity index (χ4v) is 4.86. The van der Waals surface area contributed by atoms with E-state index in [0.717, 1.165) is 54.1 Å². The van der Waals surface area contributed by atoms with Crippen molar-refractivity contribution in [3.63, 3.8) is 0 Å². The Kier molecular flexibility index (Phi) is 5.99. The molecule has 0 saturated carbocycles. The zero-order chi connectivity index (χ0) is 22.8. The molecule has 7 nitrogen and oxygen atoms in total. The van der Waals surface area contributed by atoms with Crippen LogP contribution in [0.5, 0.6) is 11.5 Å². The van der Waals surface area contributed by atoms with E-state index in [0.29, 0.717) is 11.3 Å². The molecular formula is C24H20FN3O4S. The number of halogens is 1. The summed E-state index contributed by atoms with van der Waals surface area (Å²) in [5, 5.41) is 10.9. The molecule has 33 heavy (non-hydrogen) atoms. The molecule has 1 saturated heterocycles. The molecule has 168 valence electrons. The Morgan fingerprint density at radius 3 is 2.67 bits per heavy atom. The lowest BCUT2D eigenvalue weighted by Gasteiger charge is -2.26. The maximum atomic E-state index is 14.6. The van der Waals surface area contributed by atoms with Gasteiger partial charge in [-0.1, -0.05) is 24.3 Å². The van der Waals surface area contributed by atoms with Gasteiger partial charge in [0.05, 0.1) is 33.8 Å². The van der Waals surface area contributed by atoms with Crippen molar-refractivity contribution in [3.8, 4) is 21.9 Å². The van der Waals surface area contributed by atoms with Gasteiger partial charge in [0, 0.05) is 31.9 Å². The van der Waals surface area contributed by atoms with Gasteiger partial charge in [-0.2, -0.15) is 0 Å². The molecule has 0 amide bonds. The SMILES string of the molecule is O=[N+]([O-])c1ccc(Oc2c(-c3ccc(CN4CCOCC4)cc3)sc3cccnc23)c(F)c1.